The third kappa shape index (κ3) is 3.03. The number of rotatable bonds is 4. The fraction of sp³-hybridized carbons (Fsp3) is 0.0556. The number of ketones is 1. The second kappa shape index (κ2) is 6.55. The Morgan fingerprint density at radius 3 is 2.82 bits per heavy atom. The van der Waals surface area contributed by atoms with Crippen molar-refractivity contribution in [1.82, 2.24) is 0 Å². The number of benzene rings is 2. The Bertz CT molecular complexity index is 780. The van der Waals surface area contributed by atoms with E-state index in [9.17, 15) is 4.79 Å². The lowest BCUT2D eigenvalue weighted by atomic mass is 10.1. The molecule has 1 aliphatic rings. The van der Waals surface area contributed by atoms with Gasteiger partial charge < -0.3 is 4.74 Å². The fourth-order valence-electron chi connectivity index (χ4n) is 2.19. The van der Waals surface area contributed by atoms with E-state index in [0.29, 0.717) is 11.5 Å². The van der Waals surface area contributed by atoms with Gasteiger partial charge >= 0.3 is 0 Å². The van der Waals surface area contributed by atoms with E-state index < -0.39 is 0 Å². The summed E-state index contributed by atoms with van der Waals surface area (Å²) in [5, 5.41) is 0. The quantitative estimate of drug-likeness (QED) is 0.534. The van der Waals surface area contributed by atoms with E-state index in [1.807, 2.05) is 48.5 Å². The summed E-state index contributed by atoms with van der Waals surface area (Å²) in [6, 6.07) is 13.4. The maximum atomic E-state index is 12.5. The largest absolute Gasteiger partial charge is 0.489 e. The zero-order valence-electron chi connectivity index (χ0n) is 11.7. The van der Waals surface area contributed by atoms with E-state index in [1.165, 1.54) is 11.8 Å². The van der Waals surface area contributed by atoms with Gasteiger partial charge in [0.2, 0.25) is 5.78 Å². The first kappa shape index (κ1) is 15.1. The van der Waals surface area contributed by atoms with E-state index in [1.54, 1.807) is 6.08 Å². The fourth-order valence-corrected chi connectivity index (χ4v) is 3.61. The molecule has 0 radical (unpaired) electrons. The van der Waals surface area contributed by atoms with Crippen molar-refractivity contribution in [2.75, 3.05) is 6.61 Å². The van der Waals surface area contributed by atoms with Crippen LogP contribution in [0.15, 0.2) is 69.4 Å². The van der Waals surface area contributed by atoms with Crippen molar-refractivity contribution < 1.29 is 9.53 Å². The van der Waals surface area contributed by atoms with Crippen LogP contribution in [0.1, 0.15) is 15.9 Å². The molecule has 0 bridgehead atoms. The summed E-state index contributed by atoms with van der Waals surface area (Å²) in [5.74, 6) is 0.801. The standard InChI is InChI=1S/C18H13BrO2S/c1-2-9-21-15-8-7-13(19)10-12(15)11-17-18(20)14-5-3-4-6-16(14)22-17/h2-8,10-11H,1,9H2/b17-11+. The van der Waals surface area contributed by atoms with Gasteiger partial charge in [0, 0.05) is 20.5 Å². The minimum absolute atomic E-state index is 0.0650. The molecule has 0 unspecified atom stereocenters. The summed E-state index contributed by atoms with van der Waals surface area (Å²) in [6.07, 6.45) is 3.58. The van der Waals surface area contributed by atoms with Crippen LogP contribution < -0.4 is 4.74 Å². The summed E-state index contributed by atoms with van der Waals surface area (Å²) in [4.78, 5) is 14.2. The molecule has 2 aromatic rings. The van der Waals surface area contributed by atoms with E-state index >= 15 is 0 Å². The van der Waals surface area contributed by atoms with Crippen molar-refractivity contribution in [2.24, 2.45) is 0 Å². The Balaban J connectivity index is 1.98. The van der Waals surface area contributed by atoms with Gasteiger partial charge in [0.15, 0.2) is 0 Å². The summed E-state index contributed by atoms with van der Waals surface area (Å²) in [5.41, 5.74) is 1.64. The Morgan fingerprint density at radius 1 is 1.23 bits per heavy atom. The average molecular weight is 373 g/mol. The monoisotopic (exact) mass is 372 g/mol. The summed E-state index contributed by atoms with van der Waals surface area (Å²) < 4.78 is 6.60. The van der Waals surface area contributed by atoms with Crippen LogP contribution in [0.4, 0.5) is 0 Å². The Morgan fingerprint density at radius 2 is 2.05 bits per heavy atom. The highest BCUT2D eigenvalue weighted by Gasteiger charge is 2.25. The van der Waals surface area contributed by atoms with Crippen molar-refractivity contribution in [2.45, 2.75) is 4.90 Å². The van der Waals surface area contributed by atoms with Gasteiger partial charge in [-0.25, -0.2) is 0 Å². The van der Waals surface area contributed by atoms with Gasteiger partial charge in [-0.15, -0.1) is 0 Å². The number of allylic oxidation sites excluding steroid dienone is 1. The van der Waals surface area contributed by atoms with Crippen LogP contribution in [0.5, 0.6) is 5.75 Å². The van der Waals surface area contributed by atoms with Gasteiger partial charge in [0.05, 0.1) is 4.91 Å². The summed E-state index contributed by atoms with van der Waals surface area (Å²) in [7, 11) is 0. The van der Waals surface area contributed by atoms with Gasteiger partial charge in [-0.3, -0.25) is 4.79 Å². The lowest BCUT2D eigenvalue weighted by molar-refractivity contribution is 0.104. The molecule has 0 aliphatic carbocycles. The van der Waals surface area contributed by atoms with Crippen LogP contribution >= 0.6 is 27.7 Å². The molecule has 0 amide bonds. The SMILES string of the molecule is C=CCOc1ccc(Br)cc1/C=C1/Sc2ccccc2C1=O. The minimum Gasteiger partial charge on any atom is -0.489 e. The van der Waals surface area contributed by atoms with E-state index in [4.69, 9.17) is 4.74 Å². The molecular weight excluding hydrogens is 360 g/mol. The third-order valence-electron chi connectivity index (χ3n) is 3.19. The topological polar surface area (TPSA) is 26.3 Å². The number of fused-ring (bicyclic) bond motifs is 1. The van der Waals surface area contributed by atoms with Crippen LogP contribution in [0.25, 0.3) is 6.08 Å². The highest BCUT2D eigenvalue weighted by atomic mass is 79.9. The molecule has 0 atom stereocenters. The Hall–Kier alpha value is -1.78. The minimum atomic E-state index is 0.0650. The van der Waals surface area contributed by atoms with Gasteiger partial charge in [-0.1, -0.05) is 52.5 Å². The summed E-state index contributed by atoms with van der Waals surface area (Å²) >= 11 is 4.96. The zero-order valence-corrected chi connectivity index (χ0v) is 14.1. The molecule has 22 heavy (non-hydrogen) atoms. The number of halogens is 1. The number of hydrogen-bond acceptors (Lipinski definition) is 3. The number of Topliss-reactive ketones (excluding diaryl/α,β-unsaturated/α-hetero) is 1. The third-order valence-corrected chi connectivity index (χ3v) is 4.78. The molecule has 3 rings (SSSR count). The maximum Gasteiger partial charge on any atom is 0.200 e. The van der Waals surface area contributed by atoms with Crippen LogP contribution in [-0.4, -0.2) is 12.4 Å². The van der Waals surface area contributed by atoms with Gasteiger partial charge in [-0.2, -0.15) is 0 Å². The van der Waals surface area contributed by atoms with Crippen molar-refractivity contribution in [3.8, 4) is 5.75 Å². The molecule has 2 aromatic carbocycles. The van der Waals surface area contributed by atoms with Crippen molar-refractivity contribution in [3.63, 3.8) is 0 Å². The number of carbonyl (C=O) groups is 1. The lowest BCUT2D eigenvalue weighted by Crippen LogP contribution is -1.97. The Kier molecular flexibility index (Phi) is 4.50. The first-order valence-electron chi connectivity index (χ1n) is 6.75. The van der Waals surface area contributed by atoms with Gasteiger partial charge in [0.25, 0.3) is 0 Å². The molecule has 0 N–H and O–H groups in total. The molecular formula is C18H13BrO2S. The van der Waals surface area contributed by atoms with E-state index in [-0.39, 0.29) is 5.78 Å². The van der Waals surface area contributed by atoms with E-state index in [2.05, 4.69) is 22.5 Å². The first-order valence-corrected chi connectivity index (χ1v) is 8.36. The molecule has 0 saturated heterocycles. The van der Waals surface area contributed by atoms with Gasteiger partial charge in [-0.05, 0) is 36.4 Å². The second-order valence-electron chi connectivity index (χ2n) is 4.72. The number of ether oxygens (including phenoxy) is 1. The molecule has 110 valence electrons. The molecule has 1 heterocycles. The molecule has 1 aliphatic heterocycles. The van der Waals surface area contributed by atoms with Gasteiger partial charge in [0.1, 0.15) is 12.4 Å². The predicted octanol–water partition coefficient (Wildman–Crippen LogP) is 5.34. The predicted molar refractivity (Wildman–Crippen MR) is 94.4 cm³/mol. The van der Waals surface area contributed by atoms with E-state index in [0.717, 1.165) is 26.2 Å². The molecule has 0 saturated carbocycles. The molecule has 0 spiro atoms. The van der Waals surface area contributed by atoms with Crippen LogP contribution in [0.2, 0.25) is 0 Å². The second-order valence-corrected chi connectivity index (χ2v) is 6.72. The molecule has 0 aromatic heterocycles. The highest BCUT2D eigenvalue weighted by Crippen LogP contribution is 2.41. The molecule has 0 fully saturated rings. The number of carbonyl (C=O) groups excluding carboxylic acids is 1. The molecule has 4 heteroatoms. The maximum absolute atomic E-state index is 12.5. The van der Waals surface area contributed by atoms with Crippen molar-refractivity contribution in [3.05, 3.63) is 75.6 Å². The smallest absolute Gasteiger partial charge is 0.200 e. The highest BCUT2D eigenvalue weighted by molar-refractivity contribution is 9.10. The van der Waals surface area contributed by atoms with Crippen molar-refractivity contribution >= 4 is 39.6 Å². The average Bonchev–Trinajstić information content (AvgIpc) is 2.83. The van der Waals surface area contributed by atoms with Crippen LogP contribution in [0, 0.1) is 0 Å². The lowest BCUT2D eigenvalue weighted by Gasteiger charge is -2.08. The number of thioether (sulfide) groups is 1. The molecule has 2 nitrogen and oxygen atoms in total. The summed E-state index contributed by atoms with van der Waals surface area (Å²) in [6.45, 7) is 4.09. The Labute approximate surface area is 142 Å². The zero-order chi connectivity index (χ0) is 15.5. The van der Waals surface area contributed by atoms with Crippen LogP contribution in [0.3, 0.4) is 0 Å². The number of hydrogen-bond donors (Lipinski definition) is 0. The first-order chi connectivity index (χ1) is 10.7. The normalized spacial score (nSPS) is 15.0. The van der Waals surface area contributed by atoms with Crippen LogP contribution in [-0.2, 0) is 0 Å². The van der Waals surface area contributed by atoms with Crippen molar-refractivity contribution in [1.29, 1.82) is 0 Å².